The number of carbonyl (C=O) groups excluding carboxylic acids is 1. The second kappa shape index (κ2) is 4.15. The number of benzene rings is 1. The van der Waals surface area contributed by atoms with Crippen molar-refractivity contribution in [1.29, 1.82) is 0 Å². The summed E-state index contributed by atoms with van der Waals surface area (Å²) in [7, 11) is 1.59. The molecular formula is C11H12Cl2N2O. The maximum atomic E-state index is 11.3. The summed E-state index contributed by atoms with van der Waals surface area (Å²) in [6, 6.07) is 5.18. The lowest BCUT2D eigenvalue weighted by molar-refractivity contribution is 0.238. The molecule has 1 aromatic rings. The largest absolute Gasteiger partial charge is 0.341 e. The third-order valence-corrected chi connectivity index (χ3v) is 3.18. The fourth-order valence-corrected chi connectivity index (χ4v) is 2.25. The molecule has 2 rings (SSSR count). The molecule has 2 amide bonds. The lowest BCUT2D eigenvalue weighted by Gasteiger charge is -2.18. The molecule has 0 atom stereocenters. The summed E-state index contributed by atoms with van der Waals surface area (Å²) in [5, 5.41) is 6.65. The van der Waals surface area contributed by atoms with E-state index in [1.165, 1.54) is 0 Å². The van der Waals surface area contributed by atoms with E-state index in [1.807, 2.05) is 12.1 Å². The van der Waals surface area contributed by atoms with Gasteiger partial charge in [0.05, 0.1) is 5.54 Å². The smallest absolute Gasteiger partial charge is 0.315 e. The van der Waals surface area contributed by atoms with E-state index < -0.39 is 0 Å². The van der Waals surface area contributed by atoms with Gasteiger partial charge in [-0.1, -0.05) is 23.2 Å². The lowest BCUT2D eigenvalue weighted by atomic mass is 10.1. The molecule has 3 nitrogen and oxygen atoms in total. The van der Waals surface area contributed by atoms with Gasteiger partial charge in [0.25, 0.3) is 0 Å². The molecule has 0 spiro atoms. The molecule has 0 saturated heterocycles. The fraction of sp³-hybridized carbons (Fsp3) is 0.364. The molecule has 2 N–H and O–H groups in total. The predicted octanol–water partition coefficient (Wildman–Crippen LogP) is 2.91. The Balaban J connectivity index is 2.26. The first-order valence-electron chi connectivity index (χ1n) is 5.02. The van der Waals surface area contributed by atoms with Gasteiger partial charge in [0, 0.05) is 17.1 Å². The molecular weight excluding hydrogens is 247 g/mol. The van der Waals surface area contributed by atoms with E-state index >= 15 is 0 Å². The summed E-state index contributed by atoms with van der Waals surface area (Å²) in [5.41, 5.74) is 0.683. The molecule has 0 bridgehead atoms. The summed E-state index contributed by atoms with van der Waals surface area (Å²) >= 11 is 11.9. The van der Waals surface area contributed by atoms with Crippen LogP contribution >= 0.6 is 23.2 Å². The first-order valence-corrected chi connectivity index (χ1v) is 5.78. The van der Waals surface area contributed by atoms with Crippen LogP contribution in [0.4, 0.5) is 4.79 Å². The van der Waals surface area contributed by atoms with Crippen LogP contribution in [0, 0.1) is 0 Å². The van der Waals surface area contributed by atoms with Gasteiger partial charge in [0.1, 0.15) is 0 Å². The van der Waals surface area contributed by atoms with E-state index in [9.17, 15) is 4.79 Å². The van der Waals surface area contributed by atoms with Crippen LogP contribution in [0.2, 0.25) is 10.0 Å². The van der Waals surface area contributed by atoms with Crippen molar-refractivity contribution in [3.05, 3.63) is 33.8 Å². The molecule has 1 aliphatic carbocycles. The Bertz CT molecular complexity index is 410. The third kappa shape index (κ3) is 2.25. The minimum Gasteiger partial charge on any atom is -0.341 e. The fourth-order valence-electron chi connectivity index (χ4n) is 1.72. The van der Waals surface area contributed by atoms with Gasteiger partial charge in [-0.2, -0.15) is 0 Å². The minimum atomic E-state index is -0.283. The van der Waals surface area contributed by atoms with E-state index in [0.717, 1.165) is 18.4 Å². The van der Waals surface area contributed by atoms with Crippen molar-refractivity contribution in [2.75, 3.05) is 7.05 Å². The maximum absolute atomic E-state index is 11.3. The number of halogens is 2. The van der Waals surface area contributed by atoms with Crippen molar-refractivity contribution >= 4 is 29.2 Å². The minimum absolute atomic E-state index is 0.186. The van der Waals surface area contributed by atoms with Crippen LogP contribution in [0.5, 0.6) is 0 Å². The Hall–Kier alpha value is -0.930. The van der Waals surface area contributed by atoms with E-state index in [4.69, 9.17) is 23.2 Å². The number of hydrogen-bond acceptors (Lipinski definition) is 1. The molecule has 1 aliphatic rings. The number of amides is 2. The normalized spacial score (nSPS) is 16.7. The summed E-state index contributed by atoms with van der Waals surface area (Å²) in [6.07, 6.45) is 1.83. The van der Waals surface area contributed by atoms with Gasteiger partial charge < -0.3 is 10.6 Å². The first-order chi connectivity index (χ1) is 7.55. The molecule has 5 heteroatoms. The molecule has 86 valence electrons. The molecule has 1 aromatic carbocycles. The Kier molecular flexibility index (Phi) is 3.00. The predicted molar refractivity (Wildman–Crippen MR) is 65.0 cm³/mol. The van der Waals surface area contributed by atoms with Crippen LogP contribution < -0.4 is 10.6 Å². The van der Waals surface area contributed by atoms with Gasteiger partial charge in [0.2, 0.25) is 0 Å². The molecule has 0 aliphatic heterocycles. The summed E-state index contributed by atoms with van der Waals surface area (Å²) in [4.78, 5) is 11.3. The van der Waals surface area contributed by atoms with E-state index in [-0.39, 0.29) is 11.6 Å². The van der Waals surface area contributed by atoms with Crippen LogP contribution in [0.3, 0.4) is 0 Å². The molecule has 1 fully saturated rings. The highest BCUT2D eigenvalue weighted by molar-refractivity contribution is 6.34. The summed E-state index contributed by atoms with van der Waals surface area (Å²) < 4.78 is 0. The van der Waals surface area contributed by atoms with Crippen molar-refractivity contribution in [2.45, 2.75) is 18.4 Å². The van der Waals surface area contributed by atoms with E-state index in [0.29, 0.717) is 10.0 Å². The average molecular weight is 259 g/mol. The van der Waals surface area contributed by atoms with Gasteiger partial charge in [-0.3, -0.25) is 0 Å². The van der Waals surface area contributed by atoms with Gasteiger partial charge in [-0.15, -0.1) is 0 Å². The second-order valence-corrected chi connectivity index (χ2v) is 4.82. The Labute approximate surface area is 104 Å². The second-order valence-electron chi connectivity index (χ2n) is 3.94. The van der Waals surface area contributed by atoms with E-state index in [2.05, 4.69) is 10.6 Å². The van der Waals surface area contributed by atoms with Crippen LogP contribution in [0.1, 0.15) is 18.4 Å². The van der Waals surface area contributed by atoms with Crippen molar-refractivity contribution in [3.8, 4) is 0 Å². The van der Waals surface area contributed by atoms with Gasteiger partial charge in [-0.05, 0) is 36.6 Å². The number of carbonyl (C=O) groups is 1. The molecule has 0 aromatic heterocycles. The third-order valence-electron chi connectivity index (χ3n) is 2.75. The van der Waals surface area contributed by atoms with Gasteiger partial charge >= 0.3 is 6.03 Å². The SMILES string of the molecule is CNC(=O)NC1(c2cc(Cl)cc(Cl)c2)CC1. The molecule has 1 saturated carbocycles. The van der Waals surface area contributed by atoms with Crippen LogP contribution in [0.15, 0.2) is 18.2 Å². The summed E-state index contributed by atoms with van der Waals surface area (Å²) in [6.45, 7) is 0. The molecule has 0 unspecified atom stereocenters. The zero-order valence-electron chi connectivity index (χ0n) is 8.81. The lowest BCUT2D eigenvalue weighted by Crippen LogP contribution is -2.40. The van der Waals surface area contributed by atoms with Crippen molar-refractivity contribution in [1.82, 2.24) is 10.6 Å². The van der Waals surface area contributed by atoms with Crippen LogP contribution in [-0.4, -0.2) is 13.1 Å². The molecule has 0 heterocycles. The summed E-state index contributed by atoms with van der Waals surface area (Å²) in [5.74, 6) is 0. The first kappa shape index (κ1) is 11.6. The van der Waals surface area contributed by atoms with Crippen molar-refractivity contribution < 1.29 is 4.79 Å². The van der Waals surface area contributed by atoms with Crippen LogP contribution in [0.25, 0.3) is 0 Å². The molecule has 16 heavy (non-hydrogen) atoms. The van der Waals surface area contributed by atoms with Gasteiger partial charge in [0.15, 0.2) is 0 Å². The average Bonchev–Trinajstić information content (AvgIpc) is 2.97. The van der Waals surface area contributed by atoms with Crippen molar-refractivity contribution in [2.24, 2.45) is 0 Å². The number of urea groups is 1. The standard InChI is InChI=1S/C11H12Cl2N2O/c1-14-10(16)15-11(2-3-11)7-4-8(12)6-9(13)5-7/h4-6H,2-3H2,1H3,(H2,14,15,16). The van der Waals surface area contributed by atoms with E-state index in [1.54, 1.807) is 13.1 Å². The maximum Gasteiger partial charge on any atom is 0.315 e. The zero-order chi connectivity index (χ0) is 11.8. The zero-order valence-corrected chi connectivity index (χ0v) is 10.3. The number of rotatable bonds is 2. The Morgan fingerprint density at radius 2 is 1.81 bits per heavy atom. The highest BCUT2D eigenvalue weighted by Crippen LogP contribution is 2.46. The quantitative estimate of drug-likeness (QED) is 0.842. The van der Waals surface area contributed by atoms with Crippen molar-refractivity contribution in [3.63, 3.8) is 0 Å². The van der Waals surface area contributed by atoms with Crippen LogP contribution in [-0.2, 0) is 5.54 Å². The number of nitrogens with one attached hydrogen (secondary N) is 2. The Morgan fingerprint density at radius 3 is 2.25 bits per heavy atom. The Morgan fingerprint density at radius 1 is 1.25 bits per heavy atom. The topological polar surface area (TPSA) is 41.1 Å². The van der Waals surface area contributed by atoms with Gasteiger partial charge in [-0.25, -0.2) is 4.79 Å². The monoisotopic (exact) mass is 258 g/mol. The number of hydrogen-bond donors (Lipinski definition) is 2. The highest BCUT2D eigenvalue weighted by atomic mass is 35.5. The highest BCUT2D eigenvalue weighted by Gasteiger charge is 2.45. The molecule has 0 radical (unpaired) electrons.